The van der Waals surface area contributed by atoms with Crippen LogP contribution in [-0.4, -0.2) is 39.0 Å². The van der Waals surface area contributed by atoms with Gasteiger partial charge in [0.1, 0.15) is 0 Å². The third-order valence-corrected chi connectivity index (χ3v) is 5.99. The molecule has 3 aromatic rings. The minimum Gasteiger partial charge on any atom is -0.322 e. The molecule has 13 heteroatoms. The Labute approximate surface area is 183 Å². The number of halogens is 1. The molecule has 31 heavy (non-hydrogen) atoms. The first-order valence-electron chi connectivity index (χ1n) is 8.52. The predicted octanol–water partition coefficient (Wildman–Crippen LogP) is 2.55. The van der Waals surface area contributed by atoms with Crippen molar-refractivity contribution < 1.29 is 21.6 Å². The number of nitrogens with zero attached hydrogens (tertiary/aromatic N) is 2. The van der Waals surface area contributed by atoms with Crippen LogP contribution in [-0.2, 0) is 20.0 Å². The second-order valence-electron chi connectivity index (χ2n) is 6.23. The van der Waals surface area contributed by atoms with Crippen LogP contribution in [0.1, 0.15) is 10.4 Å². The lowest BCUT2D eigenvalue weighted by molar-refractivity contribution is 0.102. The second kappa shape index (κ2) is 8.88. The Morgan fingerprint density at radius 1 is 0.903 bits per heavy atom. The van der Waals surface area contributed by atoms with Gasteiger partial charge in [0.2, 0.25) is 16.0 Å². The smallest absolute Gasteiger partial charge is 0.264 e. The number of anilines is 3. The molecule has 0 radical (unpaired) electrons. The van der Waals surface area contributed by atoms with Crippen LogP contribution in [0.2, 0.25) is 5.02 Å². The molecule has 3 N–H and O–H groups in total. The van der Waals surface area contributed by atoms with E-state index in [0.717, 1.165) is 6.26 Å². The molecule has 0 aliphatic rings. The summed E-state index contributed by atoms with van der Waals surface area (Å²) in [6, 6.07) is 11.1. The van der Waals surface area contributed by atoms with Crippen molar-refractivity contribution in [2.24, 2.45) is 0 Å². The van der Waals surface area contributed by atoms with Gasteiger partial charge in [-0.3, -0.25) is 9.52 Å². The van der Waals surface area contributed by atoms with Gasteiger partial charge in [0, 0.05) is 23.8 Å². The number of hydrogen-bond acceptors (Lipinski definition) is 7. The summed E-state index contributed by atoms with van der Waals surface area (Å²) in [5.41, 5.74) is 0.656. The average Bonchev–Trinajstić information content (AvgIpc) is 2.67. The van der Waals surface area contributed by atoms with E-state index < -0.39 is 26.0 Å². The summed E-state index contributed by atoms with van der Waals surface area (Å²) in [6.07, 6.45) is 3.80. The van der Waals surface area contributed by atoms with Crippen molar-refractivity contribution in [1.29, 1.82) is 0 Å². The summed E-state index contributed by atoms with van der Waals surface area (Å²) < 4.78 is 51.9. The fraction of sp³-hybridized carbons (Fsp3) is 0.0556. The maximum absolute atomic E-state index is 12.5. The van der Waals surface area contributed by atoms with Crippen molar-refractivity contribution in [2.75, 3.05) is 21.0 Å². The second-order valence-corrected chi connectivity index (χ2v) is 10.1. The van der Waals surface area contributed by atoms with E-state index in [2.05, 4.69) is 24.7 Å². The van der Waals surface area contributed by atoms with E-state index in [9.17, 15) is 21.6 Å². The van der Waals surface area contributed by atoms with Gasteiger partial charge in [-0.05, 0) is 48.5 Å². The topological polar surface area (TPSA) is 147 Å². The molecule has 0 atom stereocenters. The van der Waals surface area contributed by atoms with E-state index in [0.29, 0.717) is 5.69 Å². The monoisotopic (exact) mass is 481 g/mol. The van der Waals surface area contributed by atoms with Gasteiger partial charge in [0.25, 0.3) is 15.9 Å². The number of hydrogen-bond donors (Lipinski definition) is 3. The minimum atomic E-state index is -3.90. The highest BCUT2D eigenvalue weighted by Gasteiger charge is 2.16. The van der Waals surface area contributed by atoms with E-state index in [1.165, 1.54) is 54.9 Å². The molecule has 3 rings (SSSR count). The van der Waals surface area contributed by atoms with E-state index >= 15 is 0 Å². The standard InChI is InChI=1S/C18H16ClN5O5S2/c1-30(26,27)23-13-5-8-15(16(19)11-13)17(25)22-12-3-6-14(7-4-12)31(28,29)24-18-20-9-2-10-21-18/h2-11,23H,1H3,(H,22,25)(H,20,21,24). The summed E-state index contributed by atoms with van der Waals surface area (Å²) in [5.74, 6) is -0.620. The van der Waals surface area contributed by atoms with Gasteiger partial charge in [-0.15, -0.1) is 0 Å². The zero-order valence-electron chi connectivity index (χ0n) is 15.9. The number of rotatable bonds is 7. The van der Waals surface area contributed by atoms with E-state index in [-0.39, 0.29) is 27.1 Å². The largest absolute Gasteiger partial charge is 0.322 e. The third-order valence-electron chi connectivity index (χ3n) is 3.73. The van der Waals surface area contributed by atoms with Gasteiger partial charge in [0.15, 0.2) is 0 Å². The molecule has 0 aliphatic heterocycles. The third kappa shape index (κ3) is 6.13. The molecule has 2 aromatic carbocycles. The van der Waals surface area contributed by atoms with E-state index in [1.807, 2.05) is 0 Å². The maximum Gasteiger partial charge on any atom is 0.264 e. The highest BCUT2D eigenvalue weighted by Crippen LogP contribution is 2.23. The number of sulfonamides is 2. The van der Waals surface area contributed by atoms with E-state index in [4.69, 9.17) is 11.6 Å². The quantitative estimate of drug-likeness (QED) is 0.469. The fourth-order valence-corrected chi connectivity index (χ4v) is 4.20. The molecule has 1 amide bonds. The Bertz CT molecular complexity index is 1320. The van der Waals surface area contributed by atoms with Crippen LogP contribution >= 0.6 is 11.6 Å². The number of carbonyl (C=O) groups is 1. The number of amides is 1. The fourth-order valence-electron chi connectivity index (χ4n) is 2.42. The SMILES string of the molecule is CS(=O)(=O)Nc1ccc(C(=O)Nc2ccc(S(=O)(=O)Nc3ncccn3)cc2)c(Cl)c1. The summed E-state index contributed by atoms with van der Waals surface area (Å²) in [7, 11) is -7.39. The zero-order chi connectivity index (χ0) is 22.6. The molecule has 0 spiro atoms. The summed E-state index contributed by atoms with van der Waals surface area (Å²) in [6.45, 7) is 0. The van der Waals surface area contributed by atoms with Crippen molar-refractivity contribution in [3.05, 3.63) is 71.5 Å². The number of aromatic nitrogens is 2. The van der Waals surface area contributed by atoms with E-state index in [1.54, 1.807) is 6.07 Å². The molecule has 0 bridgehead atoms. The van der Waals surface area contributed by atoms with Gasteiger partial charge in [-0.1, -0.05) is 11.6 Å². The first-order valence-corrected chi connectivity index (χ1v) is 12.3. The van der Waals surface area contributed by atoms with Crippen LogP contribution in [0, 0.1) is 0 Å². The lowest BCUT2D eigenvalue weighted by atomic mass is 10.2. The van der Waals surface area contributed by atoms with Crippen molar-refractivity contribution in [2.45, 2.75) is 4.90 Å². The van der Waals surface area contributed by atoms with Gasteiger partial charge in [-0.25, -0.2) is 31.5 Å². The first kappa shape index (κ1) is 22.5. The molecule has 162 valence electrons. The molecular weight excluding hydrogens is 466 g/mol. The van der Waals surface area contributed by atoms with Crippen molar-refractivity contribution >= 4 is 54.9 Å². The van der Waals surface area contributed by atoms with Crippen LogP contribution in [0.5, 0.6) is 0 Å². The first-order chi connectivity index (χ1) is 14.5. The summed E-state index contributed by atoms with van der Waals surface area (Å²) >= 11 is 6.09. The van der Waals surface area contributed by atoms with Crippen molar-refractivity contribution in [3.8, 4) is 0 Å². The maximum atomic E-state index is 12.5. The molecule has 0 fully saturated rings. The Kier molecular flexibility index (Phi) is 6.43. The van der Waals surface area contributed by atoms with Gasteiger partial charge in [0.05, 0.1) is 21.7 Å². The van der Waals surface area contributed by atoms with Gasteiger partial charge in [-0.2, -0.15) is 0 Å². The highest BCUT2D eigenvalue weighted by molar-refractivity contribution is 7.92. The van der Waals surface area contributed by atoms with Gasteiger partial charge < -0.3 is 5.32 Å². The Morgan fingerprint density at radius 3 is 2.10 bits per heavy atom. The summed E-state index contributed by atoms with van der Waals surface area (Å²) in [4.78, 5) is 20.0. The molecule has 1 aromatic heterocycles. The Hall–Kier alpha value is -3.22. The molecule has 0 aliphatic carbocycles. The molecular formula is C18H16ClN5O5S2. The van der Waals surface area contributed by atoms with Gasteiger partial charge >= 0.3 is 0 Å². The van der Waals surface area contributed by atoms with Crippen molar-refractivity contribution in [3.63, 3.8) is 0 Å². The predicted molar refractivity (Wildman–Crippen MR) is 117 cm³/mol. The molecule has 10 nitrogen and oxygen atoms in total. The normalized spacial score (nSPS) is 11.5. The lowest BCUT2D eigenvalue weighted by Crippen LogP contribution is -2.16. The zero-order valence-corrected chi connectivity index (χ0v) is 18.3. The van der Waals surface area contributed by atoms with Crippen LogP contribution in [0.25, 0.3) is 0 Å². The number of carbonyl (C=O) groups excluding carboxylic acids is 1. The Balaban J connectivity index is 1.71. The van der Waals surface area contributed by atoms with Crippen LogP contribution in [0.15, 0.2) is 65.8 Å². The molecule has 0 saturated carbocycles. The average molecular weight is 482 g/mol. The van der Waals surface area contributed by atoms with Crippen LogP contribution < -0.4 is 14.8 Å². The van der Waals surface area contributed by atoms with Crippen molar-refractivity contribution in [1.82, 2.24) is 9.97 Å². The number of nitrogens with one attached hydrogen (secondary N) is 3. The van der Waals surface area contributed by atoms with Crippen LogP contribution in [0.3, 0.4) is 0 Å². The number of benzene rings is 2. The molecule has 0 saturated heterocycles. The minimum absolute atomic E-state index is 0.0393. The highest BCUT2D eigenvalue weighted by atomic mass is 35.5. The summed E-state index contributed by atoms with van der Waals surface area (Å²) in [5, 5.41) is 2.63. The Morgan fingerprint density at radius 2 is 1.52 bits per heavy atom. The lowest BCUT2D eigenvalue weighted by Gasteiger charge is -2.10. The molecule has 1 heterocycles. The molecule has 0 unspecified atom stereocenters. The van der Waals surface area contributed by atoms with Crippen LogP contribution in [0.4, 0.5) is 17.3 Å².